The van der Waals surface area contributed by atoms with E-state index in [1.54, 1.807) is 24.4 Å². The number of nitrogens with zero attached hydrogens (tertiary/aromatic N) is 4. The van der Waals surface area contributed by atoms with Crippen LogP contribution >= 0.6 is 0 Å². The molecule has 2 rings (SSSR count). The number of hydrogen-bond acceptors (Lipinski definition) is 5. The fourth-order valence-electron chi connectivity index (χ4n) is 1.29. The van der Waals surface area contributed by atoms with Crippen molar-refractivity contribution in [1.82, 2.24) is 25.3 Å². The fourth-order valence-corrected chi connectivity index (χ4v) is 1.29. The second kappa shape index (κ2) is 4.60. The van der Waals surface area contributed by atoms with Crippen LogP contribution in [0.1, 0.15) is 17.4 Å². The van der Waals surface area contributed by atoms with Crippen LogP contribution in [0.15, 0.2) is 24.4 Å². The summed E-state index contributed by atoms with van der Waals surface area (Å²) in [4.78, 5) is 11.4. The lowest BCUT2D eigenvalue weighted by Gasteiger charge is -2.02. The van der Waals surface area contributed by atoms with Gasteiger partial charge in [-0.05, 0) is 19.1 Å². The van der Waals surface area contributed by atoms with Gasteiger partial charge in [0.25, 0.3) is 5.91 Å². The van der Waals surface area contributed by atoms with E-state index in [-0.39, 0.29) is 11.6 Å². The molecule has 0 bridgehead atoms. The first-order valence-electron chi connectivity index (χ1n) is 5.14. The number of nitrogens with two attached hydrogens (primary N) is 1. The molecular formula is C10H12N6O. The maximum absolute atomic E-state index is 11.4. The van der Waals surface area contributed by atoms with Gasteiger partial charge in [0, 0.05) is 18.8 Å². The van der Waals surface area contributed by atoms with Crippen LogP contribution < -0.4 is 11.1 Å². The van der Waals surface area contributed by atoms with Gasteiger partial charge in [-0.1, -0.05) is 0 Å². The van der Waals surface area contributed by atoms with Crippen LogP contribution in [0.5, 0.6) is 0 Å². The van der Waals surface area contributed by atoms with Gasteiger partial charge < -0.3 is 11.1 Å². The van der Waals surface area contributed by atoms with Gasteiger partial charge in [-0.15, -0.1) is 15.3 Å². The van der Waals surface area contributed by atoms with Crippen molar-refractivity contribution in [3.63, 3.8) is 0 Å². The summed E-state index contributed by atoms with van der Waals surface area (Å²) in [6.45, 7) is 2.39. The van der Waals surface area contributed by atoms with Crippen LogP contribution in [0.25, 0.3) is 5.82 Å². The minimum Gasteiger partial charge on any atom is -0.382 e. The predicted molar refractivity (Wildman–Crippen MR) is 61.6 cm³/mol. The van der Waals surface area contributed by atoms with E-state index in [4.69, 9.17) is 5.73 Å². The molecule has 17 heavy (non-hydrogen) atoms. The standard InChI is InChI=1S/C10H12N6O/c1-2-12-10(17)7-3-4-9(14-13-7)16-6-5-8(11)15-16/h3-6H,2H2,1H3,(H2,11,15)(H,12,17). The third-order valence-corrected chi connectivity index (χ3v) is 2.06. The van der Waals surface area contributed by atoms with E-state index in [2.05, 4.69) is 20.6 Å². The first kappa shape index (κ1) is 11.1. The Labute approximate surface area is 97.6 Å². The Kier molecular flexibility index (Phi) is 2.99. The van der Waals surface area contributed by atoms with Crippen LogP contribution in [0.2, 0.25) is 0 Å². The molecule has 2 aromatic rings. The third-order valence-electron chi connectivity index (χ3n) is 2.06. The number of carbonyl (C=O) groups excluding carboxylic acids is 1. The molecule has 0 spiro atoms. The molecule has 0 aliphatic heterocycles. The van der Waals surface area contributed by atoms with Crippen LogP contribution in [0, 0.1) is 0 Å². The van der Waals surface area contributed by atoms with E-state index >= 15 is 0 Å². The molecule has 88 valence electrons. The van der Waals surface area contributed by atoms with E-state index in [1.165, 1.54) is 4.68 Å². The number of aromatic nitrogens is 4. The average Bonchev–Trinajstić information content (AvgIpc) is 2.76. The molecule has 7 heteroatoms. The maximum Gasteiger partial charge on any atom is 0.271 e. The van der Waals surface area contributed by atoms with Crippen molar-refractivity contribution < 1.29 is 4.79 Å². The number of anilines is 1. The highest BCUT2D eigenvalue weighted by Crippen LogP contribution is 2.04. The highest BCUT2D eigenvalue weighted by atomic mass is 16.1. The first-order chi connectivity index (χ1) is 8.20. The number of nitrogens with one attached hydrogen (secondary N) is 1. The molecule has 0 aliphatic carbocycles. The Hall–Kier alpha value is -2.44. The second-order valence-corrected chi connectivity index (χ2v) is 3.32. The molecule has 0 unspecified atom stereocenters. The number of hydrogen-bond donors (Lipinski definition) is 2. The van der Waals surface area contributed by atoms with Crippen LogP contribution in [-0.2, 0) is 0 Å². The monoisotopic (exact) mass is 232 g/mol. The lowest BCUT2D eigenvalue weighted by atomic mass is 10.3. The molecule has 1 amide bonds. The van der Waals surface area contributed by atoms with E-state index in [9.17, 15) is 4.79 Å². The van der Waals surface area contributed by atoms with Gasteiger partial charge in [0.2, 0.25) is 0 Å². The number of nitrogen functional groups attached to an aromatic ring is 1. The first-order valence-corrected chi connectivity index (χ1v) is 5.14. The zero-order chi connectivity index (χ0) is 12.3. The van der Waals surface area contributed by atoms with Gasteiger partial charge in [-0.3, -0.25) is 4.79 Å². The van der Waals surface area contributed by atoms with Gasteiger partial charge in [0.15, 0.2) is 11.5 Å². The Balaban J connectivity index is 2.21. The molecule has 0 saturated heterocycles. The smallest absolute Gasteiger partial charge is 0.271 e. The molecule has 0 saturated carbocycles. The summed E-state index contributed by atoms with van der Waals surface area (Å²) in [6.07, 6.45) is 1.67. The van der Waals surface area contributed by atoms with Gasteiger partial charge in [0.1, 0.15) is 5.82 Å². The molecule has 3 N–H and O–H groups in total. The topological polar surface area (TPSA) is 98.7 Å². The highest BCUT2D eigenvalue weighted by molar-refractivity contribution is 5.92. The van der Waals surface area contributed by atoms with E-state index in [1.807, 2.05) is 6.92 Å². The summed E-state index contributed by atoms with van der Waals surface area (Å²) in [5.41, 5.74) is 5.76. The summed E-state index contributed by atoms with van der Waals surface area (Å²) in [5, 5.41) is 14.3. The lowest BCUT2D eigenvalue weighted by molar-refractivity contribution is 0.0950. The Bertz CT molecular complexity index is 518. The highest BCUT2D eigenvalue weighted by Gasteiger charge is 2.07. The molecule has 0 radical (unpaired) electrons. The Morgan fingerprint density at radius 1 is 1.41 bits per heavy atom. The van der Waals surface area contributed by atoms with Crippen molar-refractivity contribution in [2.24, 2.45) is 0 Å². The average molecular weight is 232 g/mol. The molecule has 0 aliphatic rings. The third kappa shape index (κ3) is 2.39. The molecular weight excluding hydrogens is 220 g/mol. The largest absolute Gasteiger partial charge is 0.382 e. The van der Waals surface area contributed by atoms with Crippen molar-refractivity contribution in [2.45, 2.75) is 6.92 Å². The van der Waals surface area contributed by atoms with Gasteiger partial charge in [0.05, 0.1) is 0 Å². The summed E-state index contributed by atoms with van der Waals surface area (Å²) < 4.78 is 1.49. The molecule has 0 atom stereocenters. The van der Waals surface area contributed by atoms with Crippen molar-refractivity contribution in [2.75, 3.05) is 12.3 Å². The quantitative estimate of drug-likeness (QED) is 0.775. The fraction of sp³-hybridized carbons (Fsp3) is 0.200. The van der Waals surface area contributed by atoms with Gasteiger partial charge in [-0.2, -0.15) is 0 Å². The number of rotatable bonds is 3. The minimum atomic E-state index is -0.244. The van der Waals surface area contributed by atoms with Crippen molar-refractivity contribution >= 4 is 11.7 Å². The normalized spacial score (nSPS) is 10.2. The zero-order valence-electron chi connectivity index (χ0n) is 9.29. The van der Waals surface area contributed by atoms with Crippen LogP contribution in [-0.4, -0.2) is 32.4 Å². The molecule has 2 aromatic heterocycles. The van der Waals surface area contributed by atoms with Gasteiger partial charge in [-0.25, -0.2) is 4.68 Å². The van der Waals surface area contributed by atoms with Crippen LogP contribution in [0.3, 0.4) is 0 Å². The second-order valence-electron chi connectivity index (χ2n) is 3.32. The lowest BCUT2D eigenvalue weighted by Crippen LogP contribution is -2.24. The number of carbonyl (C=O) groups is 1. The van der Waals surface area contributed by atoms with Gasteiger partial charge >= 0.3 is 0 Å². The van der Waals surface area contributed by atoms with Crippen molar-refractivity contribution in [3.05, 3.63) is 30.1 Å². The van der Waals surface area contributed by atoms with E-state index in [0.717, 1.165) is 0 Å². The van der Waals surface area contributed by atoms with E-state index in [0.29, 0.717) is 18.2 Å². The number of amides is 1. The van der Waals surface area contributed by atoms with E-state index < -0.39 is 0 Å². The summed E-state index contributed by atoms with van der Waals surface area (Å²) in [5.74, 6) is 0.667. The molecule has 2 heterocycles. The van der Waals surface area contributed by atoms with Crippen molar-refractivity contribution in [3.8, 4) is 5.82 Å². The van der Waals surface area contributed by atoms with Crippen LogP contribution in [0.4, 0.5) is 5.82 Å². The van der Waals surface area contributed by atoms with Crippen molar-refractivity contribution in [1.29, 1.82) is 0 Å². The minimum absolute atomic E-state index is 0.244. The Morgan fingerprint density at radius 3 is 2.76 bits per heavy atom. The summed E-state index contributed by atoms with van der Waals surface area (Å²) >= 11 is 0. The molecule has 7 nitrogen and oxygen atoms in total. The molecule has 0 aromatic carbocycles. The maximum atomic E-state index is 11.4. The zero-order valence-corrected chi connectivity index (χ0v) is 9.29. The SMILES string of the molecule is CCNC(=O)c1ccc(-n2ccc(N)n2)nn1. The predicted octanol–water partition coefficient (Wildman–Crippen LogP) is -0.00580. The summed E-state index contributed by atoms with van der Waals surface area (Å²) in [6, 6.07) is 4.90. The Morgan fingerprint density at radius 2 is 2.24 bits per heavy atom. The summed E-state index contributed by atoms with van der Waals surface area (Å²) in [7, 11) is 0. The molecule has 0 fully saturated rings.